The Labute approximate surface area is 171 Å². The molecule has 3 heterocycles. The van der Waals surface area contributed by atoms with Crippen LogP contribution in [0, 0.1) is 19.8 Å². The maximum atomic E-state index is 10.1. The summed E-state index contributed by atoms with van der Waals surface area (Å²) in [6.45, 7) is 7.99. The molecule has 1 aliphatic rings. The van der Waals surface area contributed by atoms with Gasteiger partial charge in [0.2, 0.25) is 5.88 Å². The molecule has 0 bridgehead atoms. The molecule has 3 aromatic heterocycles. The van der Waals surface area contributed by atoms with Gasteiger partial charge in [0.05, 0.1) is 17.9 Å². The second-order valence-corrected chi connectivity index (χ2v) is 8.25. The van der Waals surface area contributed by atoms with Crippen molar-refractivity contribution in [3.8, 4) is 17.0 Å². The van der Waals surface area contributed by atoms with Gasteiger partial charge in [0.15, 0.2) is 0 Å². The Bertz CT molecular complexity index is 1010. The molecule has 1 saturated carbocycles. The predicted molar refractivity (Wildman–Crippen MR) is 111 cm³/mol. The Morgan fingerprint density at radius 2 is 1.93 bits per heavy atom. The topological polar surface area (TPSA) is 81.0 Å². The summed E-state index contributed by atoms with van der Waals surface area (Å²) in [5.74, 6) is 2.13. The number of nitrogens with zero attached hydrogens (tertiary/aromatic N) is 4. The molecule has 1 N–H and O–H groups in total. The second-order valence-electron chi connectivity index (χ2n) is 8.25. The van der Waals surface area contributed by atoms with Crippen LogP contribution in [0.5, 0.6) is 5.88 Å². The quantitative estimate of drug-likeness (QED) is 0.686. The zero-order valence-corrected chi connectivity index (χ0v) is 17.3. The minimum atomic E-state index is -0.980. The Balaban J connectivity index is 1.50. The molecule has 0 spiro atoms. The van der Waals surface area contributed by atoms with E-state index in [0.29, 0.717) is 35.8 Å². The standard InChI is InChI=1S/C23H26N4O2/c1-14-6-5-9-24-21(14)18-10-17(18)13-29-22-19(12-25-15(2)27-22)16-7-8-20(26-11-16)23(3,4)28/h5-9,11-12,17-18,28H,10,13H2,1-4H3/t17?,18-/m1/s1. The predicted octanol–water partition coefficient (Wildman–Crippen LogP) is 3.96. The van der Waals surface area contributed by atoms with Gasteiger partial charge in [-0.1, -0.05) is 12.1 Å². The van der Waals surface area contributed by atoms with Gasteiger partial charge in [-0.15, -0.1) is 0 Å². The van der Waals surface area contributed by atoms with Gasteiger partial charge in [0.1, 0.15) is 11.4 Å². The molecule has 6 nitrogen and oxygen atoms in total. The average molecular weight is 390 g/mol. The molecule has 1 unspecified atom stereocenters. The first kappa shape index (κ1) is 19.5. The lowest BCUT2D eigenvalue weighted by Crippen LogP contribution is -2.17. The molecule has 4 rings (SSSR count). The highest BCUT2D eigenvalue weighted by Gasteiger charge is 2.41. The number of hydrogen-bond donors (Lipinski definition) is 1. The fourth-order valence-electron chi connectivity index (χ4n) is 3.51. The van der Waals surface area contributed by atoms with Crippen LogP contribution in [0.15, 0.2) is 42.9 Å². The Morgan fingerprint density at radius 1 is 1.10 bits per heavy atom. The number of hydrogen-bond acceptors (Lipinski definition) is 6. The molecule has 2 atom stereocenters. The number of rotatable bonds is 6. The Morgan fingerprint density at radius 3 is 2.62 bits per heavy atom. The highest BCUT2D eigenvalue weighted by atomic mass is 16.5. The van der Waals surface area contributed by atoms with E-state index in [1.165, 1.54) is 11.3 Å². The number of pyridine rings is 2. The van der Waals surface area contributed by atoms with Crippen molar-refractivity contribution < 1.29 is 9.84 Å². The third-order valence-electron chi connectivity index (χ3n) is 5.33. The second kappa shape index (κ2) is 7.52. The molecular formula is C23H26N4O2. The van der Waals surface area contributed by atoms with Crippen LogP contribution in [0.1, 0.15) is 49.0 Å². The van der Waals surface area contributed by atoms with Gasteiger partial charge in [-0.05, 0) is 51.8 Å². The molecule has 0 saturated heterocycles. The Hall–Kier alpha value is -2.86. The number of aromatic nitrogens is 4. The normalized spacial score (nSPS) is 18.5. The molecule has 0 aromatic carbocycles. The van der Waals surface area contributed by atoms with Crippen molar-refractivity contribution in [1.29, 1.82) is 0 Å². The van der Waals surface area contributed by atoms with E-state index in [1.807, 2.05) is 31.3 Å². The third-order valence-corrected chi connectivity index (χ3v) is 5.33. The van der Waals surface area contributed by atoms with Crippen LogP contribution >= 0.6 is 0 Å². The fourth-order valence-corrected chi connectivity index (χ4v) is 3.51. The summed E-state index contributed by atoms with van der Waals surface area (Å²) in [5.41, 5.74) is 3.70. The van der Waals surface area contributed by atoms with Crippen molar-refractivity contribution in [1.82, 2.24) is 19.9 Å². The molecular weight excluding hydrogens is 364 g/mol. The number of aliphatic hydroxyl groups is 1. The molecule has 1 fully saturated rings. The highest BCUT2D eigenvalue weighted by Crippen LogP contribution is 2.47. The van der Waals surface area contributed by atoms with Gasteiger partial charge in [-0.2, -0.15) is 4.98 Å². The van der Waals surface area contributed by atoms with Crippen molar-refractivity contribution in [3.05, 3.63) is 65.6 Å². The smallest absolute Gasteiger partial charge is 0.224 e. The van der Waals surface area contributed by atoms with Gasteiger partial charge in [-0.3, -0.25) is 9.97 Å². The highest BCUT2D eigenvalue weighted by molar-refractivity contribution is 5.67. The van der Waals surface area contributed by atoms with E-state index < -0.39 is 5.60 Å². The summed E-state index contributed by atoms with van der Waals surface area (Å²) in [4.78, 5) is 17.8. The molecule has 6 heteroatoms. The van der Waals surface area contributed by atoms with Gasteiger partial charge < -0.3 is 9.84 Å². The zero-order valence-electron chi connectivity index (χ0n) is 17.3. The zero-order chi connectivity index (χ0) is 20.6. The monoisotopic (exact) mass is 390 g/mol. The van der Waals surface area contributed by atoms with E-state index >= 15 is 0 Å². The van der Waals surface area contributed by atoms with Crippen molar-refractivity contribution in [2.45, 2.75) is 45.6 Å². The SMILES string of the molecule is Cc1ncc(-c2ccc(C(C)(C)O)nc2)c(OCC2C[C@H]2c2ncccc2C)n1. The van der Waals surface area contributed by atoms with Crippen LogP contribution in [-0.2, 0) is 5.60 Å². The van der Waals surface area contributed by atoms with Crippen LogP contribution in [0.25, 0.3) is 11.1 Å². The van der Waals surface area contributed by atoms with Crippen molar-refractivity contribution in [3.63, 3.8) is 0 Å². The first-order valence-electron chi connectivity index (χ1n) is 9.90. The fraction of sp³-hybridized carbons (Fsp3) is 0.391. The largest absolute Gasteiger partial charge is 0.477 e. The minimum Gasteiger partial charge on any atom is -0.477 e. The molecule has 1 aliphatic carbocycles. The summed E-state index contributed by atoms with van der Waals surface area (Å²) in [5, 5.41) is 10.1. The van der Waals surface area contributed by atoms with Gasteiger partial charge in [-0.25, -0.2) is 4.98 Å². The molecule has 0 aliphatic heterocycles. The maximum absolute atomic E-state index is 10.1. The van der Waals surface area contributed by atoms with E-state index in [4.69, 9.17) is 4.74 Å². The van der Waals surface area contributed by atoms with Gasteiger partial charge in [0, 0.05) is 41.7 Å². The summed E-state index contributed by atoms with van der Waals surface area (Å²) in [6, 6.07) is 7.81. The lowest BCUT2D eigenvalue weighted by atomic mass is 10.0. The van der Waals surface area contributed by atoms with Crippen molar-refractivity contribution >= 4 is 0 Å². The average Bonchev–Trinajstić information content (AvgIpc) is 3.46. The van der Waals surface area contributed by atoms with E-state index in [1.54, 1.807) is 26.2 Å². The van der Waals surface area contributed by atoms with Crippen LogP contribution in [-0.4, -0.2) is 31.6 Å². The minimum absolute atomic E-state index is 0.447. The first-order chi connectivity index (χ1) is 13.8. The van der Waals surface area contributed by atoms with Crippen LogP contribution in [0.3, 0.4) is 0 Å². The first-order valence-corrected chi connectivity index (χ1v) is 9.90. The molecule has 0 amide bonds. The number of ether oxygens (including phenoxy) is 1. The van der Waals surface area contributed by atoms with Crippen molar-refractivity contribution in [2.24, 2.45) is 5.92 Å². The summed E-state index contributed by atoms with van der Waals surface area (Å²) >= 11 is 0. The Kier molecular flexibility index (Phi) is 5.04. The van der Waals surface area contributed by atoms with Crippen LogP contribution < -0.4 is 4.74 Å². The van der Waals surface area contributed by atoms with Gasteiger partial charge >= 0.3 is 0 Å². The molecule has 3 aromatic rings. The lowest BCUT2D eigenvalue weighted by Gasteiger charge is -2.17. The number of aryl methyl sites for hydroxylation is 2. The van der Waals surface area contributed by atoms with Gasteiger partial charge in [0.25, 0.3) is 0 Å². The summed E-state index contributed by atoms with van der Waals surface area (Å²) in [7, 11) is 0. The van der Waals surface area contributed by atoms with E-state index in [0.717, 1.165) is 17.5 Å². The van der Waals surface area contributed by atoms with Crippen LogP contribution in [0.2, 0.25) is 0 Å². The maximum Gasteiger partial charge on any atom is 0.224 e. The third kappa shape index (κ3) is 4.27. The van der Waals surface area contributed by atoms with Crippen molar-refractivity contribution in [2.75, 3.05) is 6.61 Å². The van der Waals surface area contributed by atoms with E-state index in [9.17, 15) is 5.11 Å². The van der Waals surface area contributed by atoms with E-state index in [-0.39, 0.29) is 0 Å². The molecule has 29 heavy (non-hydrogen) atoms. The molecule has 150 valence electrons. The summed E-state index contributed by atoms with van der Waals surface area (Å²) < 4.78 is 6.13. The summed E-state index contributed by atoms with van der Waals surface area (Å²) in [6.07, 6.45) is 6.44. The van der Waals surface area contributed by atoms with E-state index in [2.05, 4.69) is 32.9 Å². The molecule has 0 radical (unpaired) electrons. The van der Waals surface area contributed by atoms with Crippen LogP contribution in [0.4, 0.5) is 0 Å². The lowest BCUT2D eigenvalue weighted by molar-refractivity contribution is 0.0739.